The highest BCUT2D eigenvalue weighted by atomic mass is 16.3. The molecule has 2 fully saturated rings. The maximum atomic E-state index is 11.3. The highest BCUT2D eigenvalue weighted by Crippen LogP contribution is 2.43. The lowest BCUT2D eigenvalue weighted by Crippen LogP contribution is -2.57. The molecular formula is C21H33NO. The van der Waals surface area contributed by atoms with Crippen molar-refractivity contribution >= 4 is 0 Å². The molecule has 0 radical (unpaired) electrons. The van der Waals surface area contributed by atoms with Gasteiger partial charge in [0.25, 0.3) is 0 Å². The number of aliphatic hydroxyl groups is 1. The van der Waals surface area contributed by atoms with E-state index in [0.29, 0.717) is 18.0 Å². The fraction of sp³-hybridized carbons (Fsp3) is 0.714. The minimum Gasteiger partial charge on any atom is -0.390 e. The highest BCUT2D eigenvalue weighted by Gasteiger charge is 2.45. The van der Waals surface area contributed by atoms with Crippen molar-refractivity contribution in [1.82, 2.24) is 4.90 Å². The first-order valence-electron chi connectivity index (χ1n) is 9.65. The molecule has 2 atom stereocenters. The Labute approximate surface area is 141 Å². The van der Waals surface area contributed by atoms with Crippen LogP contribution in [0, 0.1) is 5.92 Å². The van der Waals surface area contributed by atoms with Gasteiger partial charge >= 0.3 is 0 Å². The summed E-state index contributed by atoms with van der Waals surface area (Å²) in [4.78, 5) is 2.69. The van der Waals surface area contributed by atoms with Crippen LogP contribution >= 0.6 is 0 Å². The third-order valence-electron chi connectivity index (χ3n) is 6.28. The Morgan fingerprint density at radius 3 is 2.26 bits per heavy atom. The van der Waals surface area contributed by atoms with Gasteiger partial charge in [-0.3, -0.25) is 4.90 Å². The van der Waals surface area contributed by atoms with Crippen LogP contribution in [0.4, 0.5) is 0 Å². The molecule has 1 aromatic rings. The number of benzene rings is 1. The van der Waals surface area contributed by atoms with Gasteiger partial charge in [-0.25, -0.2) is 0 Å². The van der Waals surface area contributed by atoms with Gasteiger partial charge < -0.3 is 5.11 Å². The second-order valence-electron chi connectivity index (χ2n) is 7.92. The zero-order valence-electron chi connectivity index (χ0n) is 14.9. The maximum Gasteiger partial charge on any atom is 0.0680 e. The Hall–Kier alpha value is -0.860. The maximum absolute atomic E-state index is 11.3. The topological polar surface area (TPSA) is 23.5 Å². The zero-order valence-corrected chi connectivity index (χ0v) is 14.9. The van der Waals surface area contributed by atoms with Gasteiger partial charge in [0.05, 0.1) is 5.60 Å². The van der Waals surface area contributed by atoms with Gasteiger partial charge in [-0.1, -0.05) is 63.4 Å². The molecule has 0 aliphatic carbocycles. The summed E-state index contributed by atoms with van der Waals surface area (Å²) in [6, 6.07) is 12.0. The van der Waals surface area contributed by atoms with Crippen molar-refractivity contribution in [2.24, 2.45) is 5.92 Å². The fourth-order valence-electron chi connectivity index (χ4n) is 4.95. The highest BCUT2D eigenvalue weighted by molar-refractivity contribution is 5.15. The predicted octanol–water partition coefficient (Wildman–Crippen LogP) is 4.76. The Balaban J connectivity index is 1.70. The van der Waals surface area contributed by atoms with Crippen molar-refractivity contribution in [3.05, 3.63) is 35.9 Å². The molecule has 2 aliphatic heterocycles. The van der Waals surface area contributed by atoms with Gasteiger partial charge in [-0.15, -0.1) is 0 Å². The summed E-state index contributed by atoms with van der Waals surface area (Å²) in [7, 11) is 0. The number of piperidine rings is 2. The molecular weight excluding hydrogens is 282 g/mol. The van der Waals surface area contributed by atoms with Crippen molar-refractivity contribution in [1.29, 1.82) is 0 Å². The monoisotopic (exact) mass is 315 g/mol. The molecule has 1 aromatic carbocycles. The van der Waals surface area contributed by atoms with Crippen LogP contribution in [0.3, 0.4) is 0 Å². The summed E-state index contributed by atoms with van der Waals surface area (Å²) in [6.07, 6.45) is 9.21. The first-order valence-corrected chi connectivity index (χ1v) is 9.65. The smallest absolute Gasteiger partial charge is 0.0680 e. The van der Waals surface area contributed by atoms with E-state index in [1.807, 2.05) is 0 Å². The fourth-order valence-corrected chi connectivity index (χ4v) is 4.95. The zero-order chi connectivity index (χ0) is 16.3. The number of hydrogen-bond donors (Lipinski definition) is 1. The first-order chi connectivity index (χ1) is 11.1. The van der Waals surface area contributed by atoms with Gasteiger partial charge in [0, 0.05) is 18.6 Å². The normalized spacial score (nSPS) is 31.5. The van der Waals surface area contributed by atoms with E-state index in [9.17, 15) is 5.11 Å². The van der Waals surface area contributed by atoms with E-state index in [1.54, 1.807) is 0 Å². The van der Waals surface area contributed by atoms with E-state index in [0.717, 1.165) is 25.8 Å². The van der Waals surface area contributed by atoms with Gasteiger partial charge in [-0.2, -0.15) is 0 Å². The van der Waals surface area contributed by atoms with Gasteiger partial charge in [0.2, 0.25) is 0 Å². The standard InChI is InChI=1S/C21H33NO/c1-3-17(4-2)13-21(23)14-19-11-8-12-20(15-21)22(19)16-18-9-6-5-7-10-18/h5-7,9-10,17,19-20,23H,3-4,8,11-16H2,1-2H3. The van der Waals surface area contributed by atoms with Crippen LogP contribution < -0.4 is 0 Å². The van der Waals surface area contributed by atoms with E-state index in [4.69, 9.17) is 0 Å². The van der Waals surface area contributed by atoms with E-state index in [2.05, 4.69) is 49.1 Å². The van der Waals surface area contributed by atoms with Gasteiger partial charge in [-0.05, 0) is 43.6 Å². The summed E-state index contributed by atoms with van der Waals surface area (Å²) in [5.41, 5.74) is 0.995. The second kappa shape index (κ2) is 7.36. The van der Waals surface area contributed by atoms with Crippen molar-refractivity contribution in [3.8, 4) is 0 Å². The van der Waals surface area contributed by atoms with Gasteiger partial charge in [0.1, 0.15) is 0 Å². The van der Waals surface area contributed by atoms with Gasteiger partial charge in [0.15, 0.2) is 0 Å². The van der Waals surface area contributed by atoms with Crippen molar-refractivity contribution in [3.63, 3.8) is 0 Å². The van der Waals surface area contributed by atoms with E-state index in [1.165, 1.54) is 37.7 Å². The lowest BCUT2D eigenvalue weighted by atomic mass is 9.71. The number of fused-ring (bicyclic) bond motifs is 2. The third kappa shape index (κ3) is 3.97. The van der Waals surface area contributed by atoms with Crippen LogP contribution in [0.5, 0.6) is 0 Å². The second-order valence-corrected chi connectivity index (χ2v) is 7.92. The quantitative estimate of drug-likeness (QED) is 0.818. The largest absolute Gasteiger partial charge is 0.390 e. The minimum atomic E-state index is -0.417. The van der Waals surface area contributed by atoms with E-state index < -0.39 is 5.60 Å². The predicted molar refractivity (Wildman–Crippen MR) is 96.3 cm³/mol. The molecule has 2 heteroatoms. The summed E-state index contributed by atoms with van der Waals surface area (Å²) < 4.78 is 0. The van der Waals surface area contributed by atoms with Crippen LogP contribution in [-0.4, -0.2) is 27.7 Å². The molecule has 2 nitrogen and oxygen atoms in total. The Morgan fingerprint density at radius 2 is 1.70 bits per heavy atom. The number of hydrogen-bond acceptors (Lipinski definition) is 2. The average molecular weight is 316 g/mol. The lowest BCUT2D eigenvalue weighted by Gasteiger charge is -2.53. The summed E-state index contributed by atoms with van der Waals surface area (Å²) in [5, 5.41) is 11.3. The van der Waals surface area contributed by atoms with E-state index in [-0.39, 0.29) is 0 Å². The molecule has 128 valence electrons. The molecule has 3 rings (SSSR count). The van der Waals surface area contributed by atoms with Crippen molar-refractivity contribution < 1.29 is 5.11 Å². The molecule has 0 aromatic heterocycles. The van der Waals surface area contributed by atoms with Crippen molar-refractivity contribution in [2.75, 3.05) is 0 Å². The number of rotatable bonds is 6. The lowest BCUT2D eigenvalue weighted by molar-refractivity contribution is -0.106. The van der Waals surface area contributed by atoms with E-state index >= 15 is 0 Å². The molecule has 23 heavy (non-hydrogen) atoms. The molecule has 2 bridgehead atoms. The molecule has 2 heterocycles. The van der Waals surface area contributed by atoms with Crippen molar-refractivity contribution in [2.45, 2.75) is 89.4 Å². The first kappa shape index (κ1) is 17.0. The van der Waals surface area contributed by atoms with Crippen LogP contribution in [0.2, 0.25) is 0 Å². The summed E-state index contributed by atoms with van der Waals surface area (Å²) >= 11 is 0. The average Bonchev–Trinajstić information content (AvgIpc) is 2.55. The third-order valence-corrected chi connectivity index (χ3v) is 6.28. The molecule has 0 saturated carbocycles. The molecule has 2 aliphatic rings. The molecule has 0 amide bonds. The SMILES string of the molecule is CCC(CC)CC1(O)CC2CCCC(C1)N2Cc1ccccc1. The molecule has 2 saturated heterocycles. The van der Waals surface area contributed by atoms with Crippen LogP contribution in [-0.2, 0) is 6.54 Å². The molecule has 2 unspecified atom stereocenters. The minimum absolute atomic E-state index is 0.417. The Kier molecular flexibility index (Phi) is 5.43. The number of nitrogens with zero attached hydrogens (tertiary/aromatic N) is 1. The molecule has 0 spiro atoms. The summed E-state index contributed by atoms with van der Waals surface area (Å²) in [6.45, 7) is 5.59. The molecule has 1 N–H and O–H groups in total. The van der Waals surface area contributed by atoms with Crippen LogP contribution in [0.25, 0.3) is 0 Å². The summed E-state index contributed by atoms with van der Waals surface area (Å²) in [5.74, 6) is 0.682. The Morgan fingerprint density at radius 1 is 1.09 bits per heavy atom. The van der Waals surface area contributed by atoms with Crippen LogP contribution in [0.15, 0.2) is 30.3 Å². The Bertz CT molecular complexity index is 468. The van der Waals surface area contributed by atoms with Crippen LogP contribution in [0.1, 0.15) is 70.8 Å².